The van der Waals surface area contributed by atoms with Crippen LogP contribution in [0.3, 0.4) is 0 Å². The third-order valence-electron chi connectivity index (χ3n) is 5.11. The van der Waals surface area contributed by atoms with E-state index in [2.05, 4.69) is 30.3 Å². The first kappa shape index (κ1) is 18.1. The fourth-order valence-corrected chi connectivity index (χ4v) is 3.62. The van der Waals surface area contributed by atoms with Gasteiger partial charge in [0.25, 0.3) is 5.78 Å². The quantitative estimate of drug-likeness (QED) is 0.710. The van der Waals surface area contributed by atoms with Gasteiger partial charge in [0.1, 0.15) is 5.82 Å². The van der Waals surface area contributed by atoms with Gasteiger partial charge in [-0.05, 0) is 45.2 Å². The molecule has 3 aromatic rings. The van der Waals surface area contributed by atoms with Crippen LogP contribution in [0.1, 0.15) is 36.2 Å². The standard InChI is InChI=1S/C19H24N8O/c1-12-15(13(2)27-19(22-12)24-18(20)25-27)10-17(28)23-14-6-7-16(21-11-14)26-8-4-3-5-9-26/h6-7,11H,3-5,8-10H2,1-2H3,(H2,20,25)(H,23,28). The smallest absolute Gasteiger partial charge is 0.254 e. The fourth-order valence-electron chi connectivity index (χ4n) is 3.62. The number of carbonyl (C=O) groups excluding carboxylic acids is 1. The number of hydrogen-bond donors (Lipinski definition) is 2. The van der Waals surface area contributed by atoms with Crippen molar-refractivity contribution in [1.82, 2.24) is 24.6 Å². The highest BCUT2D eigenvalue weighted by Crippen LogP contribution is 2.20. The van der Waals surface area contributed by atoms with Gasteiger partial charge in [0, 0.05) is 30.0 Å². The summed E-state index contributed by atoms with van der Waals surface area (Å²) in [4.78, 5) is 27.8. The second-order valence-electron chi connectivity index (χ2n) is 7.12. The molecule has 0 spiro atoms. The number of nitrogens with zero attached hydrogens (tertiary/aromatic N) is 6. The van der Waals surface area contributed by atoms with Crippen LogP contribution in [0.5, 0.6) is 0 Å². The number of fused-ring (bicyclic) bond motifs is 1. The number of aryl methyl sites for hydroxylation is 2. The summed E-state index contributed by atoms with van der Waals surface area (Å²) >= 11 is 0. The fraction of sp³-hybridized carbons (Fsp3) is 0.421. The molecule has 1 saturated heterocycles. The third kappa shape index (κ3) is 3.60. The Bertz CT molecular complexity index is 1000. The maximum atomic E-state index is 12.6. The molecule has 3 N–H and O–H groups in total. The van der Waals surface area contributed by atoms with E-state index in [4.69, 9.17) is 5.73 Å². The van der Waals surface area contributed by atoms with E-state index in [1.54, 1.807) is 10.7 Å². The molecule has 0 atom stereocenters. The highest BCUT2D eigenvalue weighted by Gasteiger charge is 2.16. The number of nitrogens with one attached hydrogen (secondary N) is 1. The largest absolute Gasteiger partial charge is 0.366 e. The summed E-state index contributed by atoms with van der Waals surface area (Å²) < 4.78 is 1.57. The van der Waals surface area contributed by atoms with Crippen molar-refractivity contribution in [3.05, 3.63) is 35.3 Å². The van der Waals surface area contributed by atoms with Gasteiger partial charge in [-0.15, -0.1) is 5.10 Å². The van der Waals surface area contributed by atoms with E-state index in [-0.39, 0.29) is 18.3 Å². The Morgan fingerprint density at radius 2 is 1.96 bits per heavy atom. The number of anilines is 3. The van der Waals surface area contributed by atoms with E-state index < -0.39 is 0 Å². The summed E-state index contributed by atoms with van der Waals surface area (Å²) in [5, 5.41) is 7.04. The second-order valence-corrected chi connectivity index (χ2v) is 7.12. The molecule has 0 bridgehead atoms. The molecule has 4 rings (SSSR count). The van der Waals surface area contributed by atoms with Gasteiger partial charge in [-0.25, -0.2) is 9.97 Å². The van der Waals surface area contributed by atoms with Crippen molar-refractivity contribution in [3.63, 3.8) is 0 Å². The molecule has 146 valence electrons. The topological polar surface area (TPSA) is 114 Å². The average molecular weight is 380 g/mol. The van der Waals surface area contributed by atoms with Crippen LogP contribution in [0.2, 0.25) is 0 Å². The lowest BCUT2D eigenvalue weighted by atomic mass is 10.1. The molecule has 0 unspecified atom stereocenters. The first-order valence-electron chi connectivity index (χ1n) is 9.50. The maximum Gasteiger partial charge on any atom is 0.254 e. The zero-order valence-corrected chi connectivity index (χ0v) is 16.1. The average Bonchev–Trinajstić information content (AvgIpc) is 3.07. The van der Waals surface area contributed by atoms with Crippen LogP contribution in [-0.2, 0) is 11.2 Å². The van der Waals surface area contributed by atoms with Crippen molar-refractivity contribution < 1.29 is 4.79 Å². The predicted octanol–water partition coefficient (Wildman–Crippen LogP) is 1.89. The van der Waals surface area contributed by atoms with Crippen LogP contribution in [0.25, 0.3) is 5.78 Å². The number of nitrogens with two attached hydrogens (primary N) is 1. The molecule has 1 aliphatic heterocycles. The number of aromatic nitrogens is 5. The van der Waals surface area contributed by atoms with Crippen molar-refractivity contribution in [2.45, 2.75) is 39.5 Å². The first-order valence-corrected chi connectivity index (χ1v) is 9.50. The van der Waals surface area contributed by atoms with E-state index >= 15 is 0 Å². The number of hydrogen-bond acceptors (Lipinski definition) is 7. The van der Waals surface area contributed by atoms with Gasteiger partial charge in [-0.3, -0.25) is 4.79 Å². The summed E-state index contributed by atoms with van der Waals surface area (Å²) in [6.45, 7) is 5.82. The summed E-state index contributed by atoms with van der Waals surface area (Å²) in [6, 6.07) is 3.86. The Morgan fingerprint density at radius 3 is 2.68 bits per heavy atom. The third-order valence-corrected chi connectivity index (χ3v) is 5.11. The van der Waals surface area contributed by atoms with E-state index in [1.165, 1.54) is 19.3 Å². The number of pyridine rings is 1. The van der Waals surface area contributed by atoms with Gasteiger partial charge in [-0.2, -0.15) is 9.50 Å². The molecule has 0 aliphatic carbocycles. The van der Waals surface area contributed by atoms with E-state index in [0.29, 0.717) is 11.5 Å². The minimum absolute atomic E-state index is 0.132. The lowest BCUT2D eigenvalue weighted by molar-refractivity contribution is -0.115. The monoisotopic (exact) mass is 380 g/mol. The molecule has 1 fully saturated rings. The molecule has 0 radical (unpaired) electrons. The summed E-state index contributed by atoms with van der Waals surface area (Å²) in [5.41, 5.74) is 8.70. The number of rotatable bonds is 4. The van der Waals surface area contributed by atoms with Crippen LogP contribution >= 0.6 is 0 Å². The molecular formula is C19H24N8O. The minimum Gasteiger partial charge on any atom is -0.366 e. The van der Waals surface area contributed by atoms with Crippen molar-refractivity contribution in [2.75, 3.05) is 29.0 Å². The van der Waals surface area contributed by atoms with Gasteiger partial charge in [-0.1, -0.05) is 0 Å². The number of carbonyl (C=O) groups is 1. The Balaban J connectivity index is 1.46. The van der Waals surface area contributed by atoms with Gasteiger partial charge < -0.3 is 16.0 Å². The number of piperidine rings is 1. The highest BCUT2D eigenvalue weighted by atomic mass is 16.1. The number of amides is 1. The van der Waals surface area contributed by atoms with Crippen LogP contribution in [-0.4, -0.2) is 43.6 Å². The molecule has 9 heteroatoms. The van der Waals surface area contributed by atoms with E-state index in [9.17, 15) is 4.79 Å². The van der Waals surface area contributed by atoms with Crippen molar-refractivity contribution in [1.29, 1.82) is 0 Å². The molecule has 0 aromatic carbocycles. The molecule has 9 nitrogen and oxygen atoms in total. The molecule has 1 amide bonds. The highest BCUT2D eigenvalue weighted by molar-refractivity contribution is 5.92. The van der Waals surface area contributed by atoms with Gasteiger partial charge in [0.2, 0.25) is 11.9 Å². The molecule has 28 heavy (non-hydrogen) atoms. The van der Waals surface area contributed by atoms with E-state index in [0.717, 1.165) is 35.9 Å². The van der Waals surface area contributed by atoms with Gasteiger partial charge >= 0.3 is 0 Å². The Labute approximate surface area is 163 Å². The van der Waals surface area contributed by atoms with Crippen LogP contribution in [0.15, 0.2) is 18.3 Å². The molecule has 1 aliphatic rings. The van der Waals surface area contributed by atoms with Crippen molar-refractivity contribution in [2.24, 2.45) is 0 Å². The first-order chi connectivity index (χ1) is 13.5. The maximum absolute atomic E-state index is 12.6. The molecule has 4 heterocycles. The predicted molar refractivity (Wildman–Crippen MR) is 107 cm³/mol. The zero-order chi connectivity index (χ0) is 19.7. The second kappa shape index (κ2) is 7.41. The SMILES string of the molecule is Cc1nc2nc(N)nn2c(C)c1CC(=O)Nc1ccc(N2CCCCC2)nc1. The molecular weight excluding hydrogens is 356 g/mol. The summed E-state index contributed by atoms with van der Waals surface area (Å²) in [5.74, 6) is 1.43. The lowest BCUT2D eigenvalue weighted by Gasteiger charge is -2.27. The van der Waals surface area contributed by atoms with Gasteiger partial charge in [0.05, 0.1) is 18.3 Å². The normalized spacial score (nSPS) is 14.4. The van der Waals surface area contributed by atoms with Crippen molar-refractivity contribution in [3.8, 4) is 0 Å². The molecule has 3 aromatic heterocycles. The van der Waals surface area contributed by atoms with Crippen molar-refractivity contribution >= 4 is 29.1 Å². The Morgan fingerprint density at radius 1 is 1.18 bits per heavy atom. The zero-order valence-electron chi connectivity index (χ0n) is 16.1. The summed E-state index contributed by atoms with van der Waals surface area (Å²) in [7, 11) is 0. The minimum atomic E-state index is -0.132. The van der Waals surface area contributed by atoms with Crippen LogP contribution in [0.4, 0.5) is 17.5 Å². The number of nitrogen functional groups attached to an aromatic ring is 1. The lowest BCUT2D eigenvalue weighted by Crippen LogP contribution is -2.30. The summed E-state index contributed by atoms with van der Waals surface area (Å²) in [6.07, 6.45) is 5.59. The Kier molecular flexibility index (Phi) is 4.81. The van der Waals surface area contributed by atoms with Crippen LogP contribution < -0.4 is 16.0 Å². The Hall–Kier alpha value is -3.23. The molecule has 0 saturated carbocycles. The van der Waals surface area contributed by atoms with Gasteiger partial charge in [0.15, 0.2) is 0 Å². The van der Waals surface area contributed by atoms with E-state index in [1.807, 2.05) is 26.0 Å². The van der Waals surface area contributed by atoms with Crippen LogP contribution in [0, 0.1) is 13.8 Å².